The average molecular weight is 359 g/mol. The van der Waals surface area contributed by atoms with Crippen molar-refractivity contribution in [3.05, 3.63) is 34.9 Å². The summed E-state index contributed by atoms with van der Waals surface area (Å²) in [6.45, 7) is 6.17. The number of likely N-dealkylation sites (tertiary alicyclic amines) is 1. The van der Waals surface area contributed by atoms with Gasteiger partial charge >= 0.3 is 0 Å². The summed E-state index contributed by atoms with van der Waals surface area (Å²) in [6.07, 6.45) is 1.85. The van der Waals surface area contributed by atoms with Crippen LogP contribution in [0.25, 0.3) is 0 Å². The van der Waals surface area contributed by atoms with Crippen LogP contribution in [0, 0.1) is 11.8 Å². The van der Waals surface area contributed by atoms with Crippen molar-refractivity contribution < 1.29 is 4.79 Å². The fourth-order valence-corrected chi connectivity index (χ4v) is 3.84. The van der Waals surface area contributed by atoms with Gasteiger partial charge in [-0.1, -0.05) is 59.6 Å². The maximum Gasteiger partial charge on any atom is 0.236 e. The average Bonchev–Trinajstić information content (AvgIpc) is 2.39. The summed E-state index contributed by atoms with van der Waals surface area (Å²) in [7, 11) is 0. The summed E-state index contributed by atoms with van der Waals surface area (Å²) in [5.41, 5.74) is 1.02. The van der Waals surface area contributed by atoms with E-state index in [1.54, 1.807) is 0 Å². The molecular formula is C16H21BrClNO. The second kappa shape index (κ2) is 6.95. The normalized spacial score (nSPS) is 24.5. The van der Waals surface area contributed by atoms with Gasteiger partial charge in [-0.3, -0.25) is 4.79 Å². The lowest BCUT2D eigenvalue weighted by Gasteiger charge is -2.36. The number of hydrogen-bond acceptors (Lipinski definition) is 1. The number of amides is 1. The fourth-order valence-electron chi connectivity index (χ4n) is 2.99. The largest absolute Gasteiger partial charge is 0.341 e. The molecule has 1 aliphatic heterocycles. The number of hydrogen-bond donors (Lipinski definition) is 0. The smallest absolute Gasteiger partial charge is 0.236 e. The summed E-state index contributed by atoms with van der Waals surface area (Å²) in [5, 5.41) is 0.727. The number of carbonyl (C=O) groups is 1. The van der Waals surface area contributed by atoms with Crippen LogP contribution in [-0.4, -0.2) is 28.7 Å². The van der Waals surface area contributed by atoms with Crippen molar-refractivity contribution in [2.45, 2.75) is 31.5 Å². The van der Waals surface area contributed by atoms with Gasteiger partial charge in [-0.15, -0.1) is 0 Å². The Morgan fingerprint density at radius 1 is 1.35 bits per heavy atom. The van der Waals surface area contributed by atoms with Crippen LogP contribution in [0.2, 0.25) is 5.02 Å². The van der Waals surface area contributed by atoms with Crippen LogP contribution in [0.3, 0.4) is 0 Å². The lowest BCUT2D eigenvalue weighted by atomic mass is 9.91. The molecule has 2 nitrogen and oxygen atoms in total. The summed E-state index contributed by atoms with van der Waals surface area (Å²) in [5.74, 6) is 1.36. The highest BCUT2D eigenvalue weighted by molar-refractivity contribution is 9.10. The molecule has 2 rings (SSSR count). The van der Waals surface area contributed by atoms with Gasteiger partial charge in [0.2, 0.25) is 5.91 Å². The highest BCUT2D eigenvalue weighted by Crippen LogP contribution is 2.25. The lowest BCUT2D eigenvalue weighted by molar-refractivity contribution is -0.133. The molecule has 1 heterocycles. The van der Waals surface area contributed by atoms with Crippen molar-refractivity contribution in [2.24, 2.45) is 11.8 Å². The van der Waals surface area contributed by atoms with Crippen LogP contribution in [0.4, 0.5) is 0 Å². The van der Waals surface area contributed by atoms with Gasteiger partial charge in [0.1, 0.15) is 0 Å². The molecule has 0 bridgehead atoms. The Bertz CT molecular complexity index is 469. The van der Waals surface area contributed by atoms with Crippen molar-refractivity contribution in [1.82, 2.24) is 4.90 Å². The van der Waals surface area contributed by atoms with Crippen molar-refractivity contribution >= 4 is 33.4 Å². The minimum atomic E-state index is -0.195. The molecule has 1 aliphatic rings. The van der Waals surface area contributed by atoms with E-state index in [1.807, 2.05) is 29.2 Å². The molecule has 20 heavy (non-hydrogen) atoms. The molecule has 0 aromatic heterocycles. The summed E-state index contributed by atoms with van der Waals surface area (Å²) in [4.78, 5) is 14.3. The predicted molar refractivity (Wildman–Crippen MR) is 87.4 cm³/mol. The highest BCUT2D eigenvalue weighted by Gasteiger charge is 2.29. The van der Waals surface area contributed by atoms with Gasteiger partial charge in [-0.05, 0) is 36.3 Å². The van der Waals surface area contributed by atoms with Gasteiger partial charge in [-0.2, -0.15) is 0 Å². The van der Waals surface area contributed by atoms with E-state index in [1.165, 1.54) is 6.42 Å². The Balaban J connectivity index is 2.00. The number of halogens is 2. The van der Waals surface area contributed by atoms with Crippen LogP contribution in [-0.2, 0) is 11.2 Å². The molecule has 0 spiro atoms. The number of carbonyl (C=O) groups excluding carboxylic acids is 1. The zero-order valence-electron chi connectivity index (χ0n) is 12.0. The SMILES string of the molecule is CC1CC(C)CN(C(=O)C(Br)Cc2ccccc2Cl)C1. The molecule has 0 radical (unpaired) electrons. The number of benzene rings is 1. The summed E-state index contributed by atoms with van der Waals surface area (Å²) in [6, 6.07) is 7.71. The molecule has 0 saturated carbocycles. The van der Waals surface area contributed by atoms with Gasteiger partial charge in [-0.25, -0.2) is 0 Å². The highest BCUT2D eigenvalue weighted by atomic mass is 79.9. The molecule has 1 aromatic rings. The third-order valence-electron chi connectivity index (χ3n) is 3.81. The monoisotopic (exact) mass is 357 g/mol. The molecular weight excluding hydrogens is 338 g/mol. The zero-order valence-corrected chi connectivity index (χ0v) is 14.3. The van der Waals surface area contributed by atoms with Gasteiger partial charge < -0.3 is 4.90 Å². The fraction of sp³-hybridized carbons (Fsp3) is 0.562. The first-order valence-corrected chi connectivity index (χ1v) is 8.43. The van der Waals surface area contributed by atoms with E-state index in [0.29, 0.717) is 18.3 Å². The van der Waals surface area contributed by atoms with Crippen molar-refractivity contribution in [1.29, 1.82) is 0 Å². The van der Waals surface area contributed by atoms with Crippen LogP contribution in [0.5, 0.6) is 0 Å². The van der Waals surface area contributed by atoms with Gasteiger partial charge in [0.05, 0.1) is 4.83 Å². The molecule has 3 unspecified atom stereocenters. The van der Waals surface area contributed by atoms with Crippen molar-refractivity contribution in [3.8, 4) is 0 Å². The van der Waals surface area contributed by atoms with Crippen LogP contribution >= 0.6 is 27.5 Å². The van der Waals surface area contributed by atoms with Gasteiger partial charge in [0, 0.05) is 18.1 Å². The molecule has 1 aromatic carbocycles. The molecule has 0 N–H and O–H groups in total. The zero-order chi connectivity index (χ0) is 14.7. The second-order valence-corrected chi connectivity index (χ2v) is 7.46. The predicted octanol–water partition coefficient (Wildman–Crippen LogP) is 4.15. The maximum atomic E-state index is 12.5. The Hall–Kier alpha value is -0.540. The molecule has 0 aliphatic carbocycles. The molecule has 1 amide bonds. The van der Waals surface area contributed by atoms with E-state index >= 15 is 0 Å². The number of alkyl halides is 1. The number of piperidine rings is 1. The molecule has 1 saturated heterocycles. The van der Waals surface area contributed by atoms with E-state index in [0.717, 1.165) is 23.7 Å². The van der Waals surface area contributed by atoms with E-state index in [9.17, 15) is 4.79 Å². The Morgan fingerprint density at radius 3 is 2.55 bits per heavy atom. The minimum Gasteiger partial charge on any atom is -0.341 e. The van der Waals surface area contributed by atoms with E-state index < -0.39 is 0 Å². The second-order valence-electron chi connectivity index (χ2n) is 5.95. The standard InChI is InChI=1S/C16H21BrClNO/c1-11-7-12(2)10-19(9-11)16(20)14(17)8-13-5-3-4-6-15(13)18/h3-6,11-12,14H,7-10H2,1-2H3. The quantitative estimate of drug-likeness (QED) is 0.743. The minimum absolute atomic E-state index is 0.184. The van der Waals surface area contributed by atoms with Crippen molar-refractivity contribution in [2.75, 3.05) is 13.1 Å². The van der Waals surface area contributed by atoms with Gasteiger partial charge in [0.15, 0.2) is 0 Å². The molecule has 110 valence electrons. The third kappa shape index (κ3) is 3.98. The molecule has 3 atom stereocenters. The van der Waals surface area contributed by atoms with Crippen LogP contribution in [0.1, 0.15) is 25.8 Å². The molecule has 4 heteroatoms. The van der Waals surface area contributed by atoms with E-state index in [-0.39, 0.29) is 10.7 Å². The third-order valence-corrected chi connectivity index (χ3v) is 4.89. The maximum absolute atomic E-state index is 12.5. The summed E-state index contributed by atoms with van der Waals surface area (Å²) >= 11 is 9.70. The number of rotatable bonds is 3. The van der Waals surface area contributed by atoms with E-state index in [4.69, 9.17) is 11.6 Å². The topological polar surface area (TPSA) is 20.3 Å². The Labute approximate surface area is 134 Å². The molecule has 1 fully saturated rings. The number of nitrogens with zero attached hydrogens (tertiary/aromatic N) is 1. The first-order valence-electron chi connectivity index (χ1n) is 7.13. The van der Waals surface area contributed by atoms with Crippen LogP contribution < -0.4 is 0 Å². The van der Waals surface area contributed by atoms with Crippen molar-refractivity contribution in [3.63, 3.8) is 0 Å². The Morgan fingerprint density at radius 2 is 1.95 bits per heavy atom. The lowest BCUT2D eigenvalue weighted by Crippen LogP contribution is -2.46. The van der Waals surface area contributed by atoms with Gasteiger partial charge in [0.25, 0.3) is 0 Å². The first kappa shape index (κ1) is 15.8. The van der Waals surface area contributed by atoms with Crippen LogP contribution in [0.15, 0.2) is 24.3 Å². The first-order chi connectivity index (χ1) is 9.47. The van der Waals surface area contributed by atoms with E-state index in [2.05, 4.69) is 29.8 Å². The Kier molecular flexibility index (Phi) is 5.50. The summed E-state index contributed by atoms with van der Waals surface area (Å²) < 4.78 is 0.